The van der Waals surface area contributed by atoms with E-state index in [0.717, 1.165) is 35.1 Å². The molecule has 4 rings (SSSR count). The number of pyridine rings is 1. The summed E-state index contributed by atoms with van der Waals surface area (Å²) in [4.78, 5) is 18.8. The number of benzene rings is 2. The first-order chi connectivity index (χ1) is 12.8. The summed E-state index contributed by atoms with van der Waals surface area (Å²) in [6.45, 7) is 1.34. The van der Waals surface area contributed by atoms with Crippen molar-refractivity contribution in [2.24, 2.45) is 0 Å². The summed E-state index contributed by atoms with van der Waals surface area (Å²) in [5.41, 5.74) is 3.21. The van der Waals surface area contributed by atoms with Gasteiger partial charge in [-0.1, -0.05) is 30.3 Å². The molecule has 1 aliphatic heterocycles. The molecule has 0 bridgehead atoms. The number of rotatable bonds is 3. The Kier molecular flexibility index (Phi) is 4.27. The predicted octanol–water partition coefficient (Wildman–Crippen LogP) is 4.07. The average Bonchev–Trinajstić information content (AvgIpc) is 2.73. The molecule has 1 aromatic heterocycles. The van der Waals surface area contributed by atoms with Gasteiger partial charge >= 0.3 is 5.97 Å². The number of para-hydroxylation sites is 1. The summed E-state index contributed by atoms with van der Waals surface area (Å²) in [7, 11) is 1.38. The van der Waals surface area contributed by atoms with Crippen LogP contribution in [0.5, 0.6) is 5.75 Å². The molecule has 0 unspecified atom stereocenters. The highest BCUT2D eigenvalue weighted by Crippen LogP contribution is 2.36. The van der Waals surface area contributed by atoms with E-state index in [9.17, 15) is 4.79 Å². The minimum atomic E-state index is -0.362. The Morgan fingerprint density at radius 1 is 1.08 bits per heavy atom. The summed E-state index contributed by atoms with van der Waals surface area (Å²) in [6, 6.07) is 21.2. The van der Waals surface area contributed by atoms with E-state index in [1.807, 2.05) is 42.5 Å². The molecule has 0 saturated carbocycles. The number of esters is 1. The molecule has 0 saturated heterocycles. The lowest BCUT2D eigenvalue weighted by Gasteiger charge is -2.30. The smallest absolute Gasteiger partial charge is 0.337 e. The van der Waals surface area contributed by atoms with Crippen LogP contribution >= 0.6 is 0 Å². The predicted molar refractivity (Wildman–Crippen MR) is 100.0 cm³/mol. The van der Waals surface area contributed by atoms with Gasteiger partial charge in [0.2, 0.25) is 0 Å². The van der Waals surface area contributed by atoms with Crippen LogP contribution in [-0.4, -0.2) is 31.2 Å². The molecule has 2 aromatic carbocycles. The van der Waals surface area contributed by atoms with E-state index in [2.05, 4.69) is 17.0 Å². The number of fused-ring (bicyclic) bond motifs is 1. The molecule has 0 N–H and O–H groups in total. The summed E-state index contributed by atoms with van der Waals surface area (Å²) in [5, 5.41) is 0. The normalized spacial score (nSPS) is 12.9. The van der Waals surface area contributed by atoms with Crippen LogP contribution in [0.4, 0.5) is 11.5 Å². The van der Waals surface area contributed by atoms with E-state index < -0.39 is 0 Å². The topological polar surface area (TPSA) is 51.7 Å². The Labute approximate surface area is 151 Å². The van der Waals surface area contributed by atoms with Gasteiger partial charge in [-0.25, -0.2) is 9.78 Å². The number of hydrogen-bond acceptors (Lipinski definition) is 5. The van der Waals surface area contributed by atoms with Gasteiger partial charge in [-0.15, -0.1) is 0 Å². The first kappa shape index (κ1) is 16.1. The minimum absolute atomic E-state index is 0.362. The zero-order chi connectivity index (χ0) is 17.9. The van der Waals surface area contributed by atoms with Gasteiger partial charge < -0.3 is 14.4 Å². The molecule has 26 heavy (non-hydrogen) atoms. The van der Waals surface area contributed by atoms with Crippen molar-refractivity contribution in [3.05, 3.63) is 72.3 Å². The van der Waals surface area contributed by atoms with Crippen LogP contribution in [0, 0.1) is 0 Å². The van der Waals surface area contributed by atoms with Gasteiger partial charge in [0.05, 0.1) is 24.9 Å². The molecular weight excluding hydrogens is 328 g/mol. The van der Waals surface area contributed by atoms with E-state index in [0.29, 0.717) is 12.2 Å². The molecule has 130 valence electrons. The third-order valence-electron chi connectivity index (χ3n) is 4.31. The first-order valence-corrected chi connectivity index (χ1v) is 8.41. The molecule has 1 aliphatic rings. The van der Waals surface area contributed by atoms with Crippen LogP contribution in [0.1, 0.15) is 10.4 Å². The van der Waals surface area contributed by atoms with Crippen molar-refractivity contribution in [2.75, 3.05) is 25.2 Å². The molecule has 5 heteroatoms. The second kappa shape index (κ2) is 6.88. The van der Waals surface area contributed by atoms with Crippen LogP contribution in [0.2, 0.25) is 0 Å². The highest BCUT2D eigenvalue weighted by molar-refractivity contribution is 5.90. The maximum absolute atomic E-state index is 11.8. The summed E-state index contributed by atoms with van der Waals surface area (Å²) in [6.07, 6.45) is 0. The SMILES string of the molecule is COC(=O)c1cccc(-c2ccc3c(n2)N(c2ccccc2)CCO3)c1. The Morgan fingerprint density at radius 2 is 1.92 bits per heavy atom. The lowest BCUT2D eigenvalue weighted by molar-refractivity contribution is 0.0601. The zero-order valence-electron chi connectivity index (χ0n) is 14.4. The number of hydrogen-bond donors (Lipinski definition) is 0. The summed E-state index contributed by atoms with van der Waals surface area (Å²) in [5.74, 6) is 1.18. The molecule has 0 amide bonds. The van der Waals surface area contributed by atoms with Crippen LogP contribution in [0.3, 0.4) is 0 Å². The van der Waals surface area contributed by atoms with Gasteiger partial charge in [-0.3, -0.25) is 0 Å². The number of carbonyl (C=O) groups is 1. The average molecular weight is 346 g/mol. The third-order valence-corrected chi connectivity index (χ3v) is 4.31. The maximum atomic E-state index is 11.8. The van der Waals surface area contributed by atoms with Crippen LogP contribution in [-0.2, 0) is 4.74 Å². The van der Waals surface area contributed by atoms with Gasteiger partial charge in [-0.2, -0.15) is 0 Å². The number of ether oxygens (including phenoxy) is 2. The lowest BCUT2D eigenvalue weighted by Crippen LogP contribution is -2.29. The molecular formula is C21H18N2O3. The molecule has 0 fully saturated rings. The van der Waals surface area contributed by atoms with Crippen LogP contribution in [0.15, 0.2) is 66.7 Å². The highest BCUT2D eigenvalue weighted by atomic mass is 16.5. The number of methoxy groups -OCH3 is 1. The van der Waals surface area contributed by atoms with Gasteiger partial charge in [0.1, 0.15) is 6.61 Å². The highest BCUT2D eigenvalue weighted by Gasteiger charge is 2.22. The minimum Gasteiger partial charge on any atom is -0.488 e. The molecule has 3 aromatic rings. The van der Waals surface area contributed by atoms with E-state index >= 15 is 0 Å². The van der Waals surface area contributed by atoms with Gasteiger partial charge in [0, 0.05) is 11.3 Å². The van der Waals surface area contributed by atoms with Gasteiger partial charge in [0.25, 0.3) is 0 Å². The van der Waals surface area contributed by atoms with Crippen molar-refractivity contribution in [1.29, 1.82) is 0 Å². The first-order valence-electron chi connectivity index (χ1n) is 8.41. The van der Waals surface area contributed by atoms with Crippen molar-refractivity contribution in [3.8, 4) is 17.0 Å². The molecule has 0 aliphatic carbocycles. The number of aromatic nitrogens is 1. The van der Waals surface area contributed by atoms with Crippen molar-refractivity contribution < 1.29 is 14.3 Å². The standard InChI is InChI=1S/C21H18N2O3/c1-25-21(24)16-7-5-6-15(14-16)18-10-11-19-20(22-18)23(12-13-26-19)17-8-3-2-4-9-17/h2-11,14H,12-13H2,1H3. The fraction of sp³-hybridized carbons (Fsp3) is 0.143. The Morgan fingerprint density at radius 3 is 2.73 bits per heavy atom. The van der Waals surface area contributed by atoms with E-state index in [-0.39, 0.29) is 5.97 Å². The zero-order valence-corrected chi connectivity index (χ0v) is 14.4. The fourth-order valence-electron chi connectivity index (χ4n) is 3.04. The molecule has 5 nitrogen and oxygen atoms in total. The quantitative estimate of drug-likeness (QED) is 0.669. The Hall–Kier alpha value is -3.34. The third kappa shape index (κ3) is 2.99. The number of carbonyl (C=O) groups excluding carboxylic acids is 1. The van der Waals surface area contributed by atoms with Gasteiger partial charge in [0.15, 0.2) is 11.6 Å². The molecule has 0 radical (unpaired) electrons. The summed E-state index contributed by atoms with van der Waals surface area (Å²) < 4.78 is 10.6. The summed E-state index contributed by atoms with van der Waals surface area (Å²) >= 11 is 0. The Balaban J connectivity index is 1.76. The fourth-order valence-corrected chi connectivity index (χ4v) is 3.04. The van der Waals surface area contributed by atoms with Crippen molar-refractivity contribution in [3.63, 3.8) is 0 Å². The molecule has 0 spiro atoms. The van der Waals surface area contributed by atoms with Crippen LogP contribution < -0.4 is 9.64 Å². The lowest BCUT2D eigenvalue weighted by atomic mass is 10.1. The molecule has 2 heterocycles. The van der Waals surface area contributed by atoms with E-state index in [4.69, 9.17) is 14.5 Å². The molecule has 0 atom stereocenters. The maximum Gasteiger partial charge on any atom is 0.337 e. The largest absolute Gasteiger partial charge is 0.488 e. The van der Waals surface area contributed by atoms with Crippen molar-refractivity contribution >= 4 is 17.5 Å². The Bertz CT molecular complexity index is 941. The van der Waals surface area contributed by atoms with E-state index in [1.165, 1.54) is 7.11 Å². The van der Waals surface area contributed by atoms with Crippen LogP contribution in [0.25, 0.3) is 11.3 Å². The van der Waals surface area contributed by atoms with Gasteiger partial charge in [-0.05, 0) is 36.4 Å². The van der Waals surface area contributed by atoms with E-state index in [1.54, 1.807) is 12.1 Å². The number of anilines is 2. The second-order valence-electron chi connectivity index (χ2n) is 5.93. The van der Waals surface area contributed by atoms with Crippen molar-refractivity contribution in [2.45, 2.75) is 0 Å². The monoisotopic (exact) mass is 346 g/mol. The van der Waals surface area contributed by atoms with Crippen molar-refractivity contribution in [1.82, 2.24) is 4.98 Å². The number of nitrogens with zero attached hydrogens (tertiary/aromatic N) is 2. The second-order valence-corrected chi connectivity index (χ2v) is 5.93.